The van der Waals surface area contributed by atoms with Gasteiger partial charge >= 0.3 is 0 Å². The number of benzene rings is 1. The van der Waals surface area contributed by atoms with Gasteiger partial charge in [0.1, 0.15) is 10.8 Å². The third-order valence-corrected chi connectivity index (χ3v) is 4.20. The van der Waals surface area contributed by atoms with Gasteiger partial charge in [-0.1, -0.05) is 28.1 Å². The first-order valence-electron chi connectivity index (χ1n) is 4.65. The molecule has 0 atom stereocenters. The first-order chi connectivity index (χ1) is 7.94. The van der Waals surface area contributed by atoms with Crippen molar-refractivity contribution in [2.45, 2.75) is 5.75 Å². The molecule has 1 aromatic carbocycles. The Bertz CT molecular complexity index is 637. The maximum Gasteiger partial charge on any atom is 0.215 e. The molecule has 0 saturated carbocycles. The molecular weight excluding hydrogens is 324 g/mol. The van der Waals surface area contributed by atoms with E-state index in [1.807, 2.05) is 29.6 Å². The summed E-state index contributed by atoms with van der Waals surface area (Å²) in [5.41, 5.74) is 1.70. The lowest BCUT2D eigenvalue weighted by atomic mass is 10.2. The predicted molar refractivity (Wildman–Crippen MR) is 72.1 cm³/mol. The second-order valence-corrected chi connectivity index (χ2v) is 6.92. The molecule has 0 unspecified atom stereocenters. The number of halogens is 1. The maximum absolute atomic E-state index is 10.9. The molecule has 0 radical (unpaired) electrons. The normalized spacial score (nSPS) is 11.6. The van der Waals surface area contributed by atoms with Gasteiger partial charge in [-0.05, 0) is 12.1 Å². The number of hydrogen-bond donors (Lipinski definition) is 1. The van der Waals surface area contributed by atoms with Gasteiger partial charge in [0.05, 0.1) is 5.69 Å². The molecule has 2 N–H and O–H groups in total. The van der Waals surface area contributed by atoms with Crippen molar-refractivity contribution >= 4 is 37.3 Å². The highest BCUT2D eigenvalue weighted by molar-refractivity contribution is 9.10. The molecule has 0 bridgehead atoms. The number of nitrogens with zero attached hydrogens (tertiary/aromatic N) is 1. The van der Waals surface area contributed by atoms with E-state index in [4.69, 9.17) is 5.14 Å². The molecule has 0 fully saturated rings. The van der Waals surface area contributed by atoms with Gasteiger partial charge in [0.2, 0.25) is 10.0 Å². The van der Waals surface area contributed by atoms with E-state index >= 15 is 0 Å². The van der Waals surface area contributed by atoms with Crippen molar-refractivity contribution in [2.24, 2.45) is 5.14 Å². The highest BCUT2D eigenvalue weighted by atomic mass is 79.9. The van der Waals surface area contributed by atoms with Crippen LogP contribution < -0.4 is 5.14 Å². The molecule has 4 nitrogen and oxygen atoms in total. The van der Waals surface area contributed by atoms with E-state index in [0.717, 1.165) is 15.7 Å². The summed E-state index contributed by atoms with van der Waals surface area (Å²) < 4.78 is 22.8. The number of thiazole rings is 1. The minimum absolute atomic E-state index is 0.217. The summed E-state index contributed by atoms with van der Waals surface area (Å²) in [6.07, 6.45) is 0. The van der Waals surface area contributed by atoms with Crippen molar-refractivity contribution in [3.8, 4) is 11.3 Å². The lowest BCUT2D eigenvalue weighted by molar-refractivity contribution is 0.597. The average molecular weight is 333 g/mol. The molecule has 2 rings (SSSR count). The second-order valence-electron chi connectivity index (χ2n) is 3.44. The van der Waals surface area contributed by atoms with Gasteiger partial charge in [0.15, 0.2) is 0 Å². The molecule has 0 aliphatic carbocycles. The van der Waals surface area contributed by atoms with Crippen LogP contribution in [-0.4, -0.2) is 13.4 Å². The van der Waals surface area contributed by atoms with Crippen LogP contribution in [0.15, 0.2) is 34.1 Å². The van der Waals surface area contributed by atoms with Crippen LogP contribution in [0, 0.1) is 0 Å². The molecule has 0 aliphatic heterocycles. The Morgan fingerprint density at radius 1 is 1.41 bits per heavy atom. The lowest BCUT2D eigenvalue weighted by Crippen LogP contribution is -2.14. The molecule has 0 saturated heterocycles. The number of hydrogen-bond acceptors (Lipinski definition) is 4. The Balaban J connectivity index is 2.30. The lowest BCUT2D eigenvalue weighted by Gasteiger charge is -1.97. The molecule has 0 amide bonds. The Hall–Kier alpha value is -0.760. The van der Waals surface area contributed by atoms with Crippen LogP contribution in [0.4, 0.5) is 0 Å². The average Bonchev–Trinajstić information content (AvgIpc) is 2.63. The zero-order valence-corrected chi connectivity index (χ0v) is 11.8. The Morgan fingerprint density at radius 2 is 2.18 bits per heavy atom. The van der Waals surface area contributed by atoms with Gasteiger partial charge in [-0.2, -0.15) is 0 Å². The summed E-state index contributed by atoms with van der Waals surface area (Å²) in [5.74, 6) is -0.217. The number of rotatable bonds is 3. The molecule has 1 heterocycles. The van der Waals surface area contributed by atoms with Crippen molar-refractivity contribution in [2.75, 3.05) is 0 Å². The molecular formula is C10H9BrN2O2S2. The SMILES string of the molecule is NS(=O)(=O)Cc1nc(-c2cccc(Br)c2)cs1. The number of nitrogens with two attached hydrogens (primary N) is 1. The first kappa shape index (κ1) is 12.7. The summed E-state index contributed by atoms with van der Waals surface area (Å²) >= 11 is 4.67. The Morgan fingerprint density at radius 3 is 2.82 bits per heavy atom. The molecule has 1 aromatic heterocycles. The molecule has 2 aromatic rings. The van der Waals surface area contributed by atoms with Crippen molar-refractivity contribution in [3.05, 3.63) is 39.1 Å². The minimum Gasteiger partial charge on any atom is -0.240 e. The number of aromatic nitrogens is 1. The fraction of sp³-hybridized carbons (Fsp3) is 0.100. The number of primary sulfonamides is 1. The summed E-state index contributed by atoms with van der Waals surface area (Å²) in [5, 5.41) is 7.29. The zero-order chi connectivity index (χ0) is 12.5. The summed E-state index contributed by atoms with van der Waals surface area (Å²) in [6.45, 7) is 0. The van der Waals surface area contributed by atoms with Gasteiger partial charge in [-0.25, -0.2) is 18.5 Å². The minimum atomic E-state index is -3.52. The van der Waals surface area contributed by atoms with Gasteiger partial charge in [0, 0.05) is 15.4 Å². The Labute approximate surface area is 112 Å². The first-order valence-corrected chi connectivity index (χ1v) is 8.04. The Kier molecular flexibility index (Phi) is 3.62. The summed E-state index contributed by atoms with van der Waals surface area (Å²) in [7, 11) is -3.52. The van der Waals surface area contributed by atoms with Gasteiger partial charge in [-0.3, -0.25) is 0 Å². The summed E-state index contributed by atoms with van der Waals surface area (Å²) in [4.78, 5) is 4.25. The third-order valence-electron chi connectivity index (χ3n) is 2.00. The van der Waals surface area contributed by atoms with Gasteiger partial charge in [-0.15, -0.1) is 11.3 Å². The van der Waals surface area contributed by atoms with E-state index in [9.17, 15) is 8.42 Å². The standard InChI is InChI=1S/C10H9BrN2O2S2/c11-8-3-1-2-7(4-8)9-5-16-10(13-9)6-17(12,14)15/h1-5H,6H2,(H2,12,14,15). The van der Waals surface area contributed by atoms with E-state index in [2.05, 4.69) is 20.9 Å². The van der Waals surface area contributed by atoms with Crippen molar-refractivity contribution in [1.29, 1.82) is 0 Å². The zero-order valence-electron chi connectivity index (χ0n) is 8.63. The van der Waals surface area contributed by atoms with Crippen molar-refractivity contribution < 1.29 is 8.42 Å². The molecule has 0 aliphatic rings. The van der Waals surface area contributed by atoms with E-state index in [0.29, 0.717) is 5.01 Å². The topological polar surface area (TPSA) is 73.1 Å². The fourth-order valence-electron chi connectivity index (χ4n) is 1.33. The van der Waals surface area contributed by atoms with E-state index < -0.39 is 10.0 Å². The quantitative estimate of drug-likeness (QED) is 0.937. The van der Waals surface area contributed by atoms with Crippen LogP contribution in [0.5, 0.6) is 0 Å². The predicted octanol–water partition coefficient (Wildman–Crippen LogP) is 2.36. The second kappa shape index (κ2) is 4.85. The smallest absolute Gasteiger partial charge is 0.215 e. The largest absolute Gasteiger partial charge is 0.240 e. The fourth-order valence-corrected chi connectivity index (χ4v) is 3.49. The van der Waals surface area contributed by atoms with Crippen LogP contribution in [0.2, 0.25) is 0 Å². The van der Waals surface area contributed by atoms with Gasteiger partial charge in [0.25, 0.3) is 0 Å². The molecule has 90 valence electrons. The van der Waals surface area contributed by atoms with Crippen LogP contribution in [0.25, 0.3) is 11.3 Å². The van der Waals surface area contributed by atoms with Crippen molar-refractivity contribution in [3.63, 3.8) is 0 Å². The number of sulfonamides is 1. The van der Waals surface area contributed by atoms with E-state index in [-0.39, 0.29) is 5.75 Å². The molecule has 0 spiro atoms. The van der Waals surface area contributed by atoms with Crippen LogP contribution in [-0.2, 0) is 15.8 Å². The summed E-state index contributed by atoms with van der Waals surface area (Å²) in [6, 6.07) is 7.66. The third kappa shape index (κ3) is 3.60. The van der Waals surface area contributed by atoms with E-state index in [1.165, 1.54) is 11.3 Å². The monoisotopic (exact) mass is 332 g/mol. The molecule has 7 heteroatoms. The van der Waals surface area contributed by atoms with Crippen LogP contribution in [0.3, 0.4) is 0 Å². The van der Waals surface area contributed by atoms with Gasteiger partial charge < -0.3 is 0 Å². The van der Waals surface area contributed by atoms with Crippen LogP contribution >= 0.6 is 27.3 Å². The van der Waals surface area contributed by atoms with Crippen molar-refractivity contribution in [1.82, 2.24) is 4.98 Å². The highest BCUT2D eigenvalue weighted by Crippen LogP contribution is 2.25. The highest BCUT2D eigenvalue weighted by Gasteiger charge is 2.10. The van der Waals surface area contributed by atoms with E-state index in [1.54, 1.807) is 0 Å². The molecule has 17 heavy (non-hydrogen) atoms. The maximum atomic E-state index is 10.9. The van der Waals surface area contributed by atoms with Crippen LogP contribution in [0.1, 0.15) is 5.01 Å².